The van der Waals surface area contributed by atoms with Gasteiger partial charge in [-0.05, 0) is 24.3 Å². The Kier molecular flexibility index (Phi) is 6.64. The van der Waals surface area contributed by atoms with Crippen LogP contribution < -0.4 is 10.9 Å². The number of amides is 1. The summed E-state index contributed by atoms with van der Waals surface area (Å²) >= 11 is 19.3. The first-order chi connectivity index (χ1) is 10.6. The van der Waals surface area contributed by atoms with Crippen molar-refractivity contribution in [3.8, 4) is 0 Å². The van der Waals surface area contributed by atoms with E-state index in [-0.39, 0.29) is 11.7 Å². The topological polar surface area (TPSA) is 54.0 Å². The molecule has 0 aliphatic rings. The van der Waals surface area contributed by atoms with Crippen LogP contribution in [0.15, 0.2) is 36.5 Å². The maximum atomic E-state index is 11.8. The van der Waals surface area contributed by atoms with Crippen molar-refractivity contribution in [3.63, 3.8) is 0 Å². The number of anilines is 1. The van der Waals surface area contributed by atoms with Gasteiger partial charge in [0.05, 0.1) is 27.2 Å². The number of pyridine rings is 1. The van der Waals surface area contributed by atoms with E-state index in [4.69, 9.17) is 34.8 Å². The Morgan fingerprint density at radius 2 is 1.91 bits per heavy atom. The fourth-order valence-corrected chi connectivity index (χ4v) is 3.21. The van der Waals surface area contributed by atoms with Crippen LogP contribution in [-0.2, 0) is 10.5 Å². The Labute approximate surface area is 147 Å². The van der Waals surface area contributed by atoms with Gasteiger partial charge in [0.15, 0.2) is 0 Å². The van der Waals surface area contributed by atoms with Gasteiger partial charge in [0.25, 0.3) is 0 Å². The van der Waals surface area contributed by atoms with Crippen molar-refractivity contribution in [2.24, 2.45) is 0 Å². The van der Waals surface area contributed by atoms with Crippen molar-refractivity contribution in [2.45, 2.75) is 5.75 Å². The molecule has 8 heteroatoms. The Bertz CT molecular complexity index is 632. The molecule has 1 heterocycles. The SMILES string of the molecule is O=C(CSCc1ccccn1)NNc1c(Cl)cc(Cl)cc1Cl. The van der Waals surface area contributed by atoms with Crippen LogP contribution in [0.2, 0.25) is 15.1 Å². The highest BCUT2D eigenvalue weighted by atomic mass is 35.5. The molecule has 0 aliphatic carbocycles. The fraction of sp³-hybridized carbons (Fsp3) is 0.143. The van der Waals surface area contributed by atoms with Crippen molar-refractivity contribution in [3.05, 3.63) is 57.3 Å². The van der Waals surface area contributed by atoms with Crippen LogP contribution in [-0.4, -0.2) is 16.6 Å². The summed E-state index contributed by atoms with van der Waals surface area (Å²) in [5.74, 6) is 0.756. The molecular formula is C14H12Cl3N3OS. The minimum atomic E-state index is -0.192. The molecule has 0 radical (unpaired) electrons. The Morgan fingerprint density at radius 3 is 2.55 bits per heavy atom. The number of hydrogen-bond donors (Lipinski definition) is 2. The number of nitrogens with one attached hydrogen (secondary N) is 2. The molecule has 2 rings (SSSR count). The largest absolute Gasteiger partial charge is 0.296 e. The Morgan fingerprint density at radius 1 is 1.18 bits per heavy atom. The van der Waals surface area contributed by atoms with Gasteiger partial charge in [0.1, 0.15) is 0 Å². The zero-order chi connectivity index (χ0) is 15.9. The molecule has 0 aliphatic heterocycles. The van der Waals surface area contributed by atoms with E-state index >= 15 is 0 Å². The predicted molar refractivity (Wildman–Crippen MR) is 93.6 cm³/mol. The summed E-state index contributed by atoms with van der Waals surface area (Å²) in [5.41, 5.74) is 6.59. The second-order valence-electron chi connectivity index (χ2n) is 4.23. The van der Waals surface area contributed by atoms with Crippen LogP contribution in [0, 0.1) is 0 Å². The Balaban J connectivity index is 1.79. The molecule has 116 valence electrons. The summed E-state index contributed by atoms with van der Waals surface area (Å²) in [4.78, 5) is 16.0. The molecule has 2 aromatic rings. The quantitative estimate of drug-likeness (QED) is 0.733. The van der Waals surface area contributed by atoms with E-state index in [0.717, 1.165) is 5.69 Å². The van der Waals surface area contributed by atoms with Crippen LogP contribution in [0.1, 0.15) is 5.69 Å². The number of carbonyl (C=O) groups is 1. The molecule has 0 saturated carbocycles. The van der Waals surface area contributed by atoms with E-state index in [1.165, 1.54) is 11.8 Å². The summed E-state index contributed by atoms with van der Waals surface area (Å²) in [6.45, 7) is 0. The fourth-order valence-electron chi connectivity index (χ4n) is 1.56. The van der Waals surface area contributed by atoms with Crippen molar-refractivity contribution in [1.82, 2.24) is 10.4 Å². The van der Waals surface area contributed by atoms with Gasteiger partial charge in [0, 0.05) is 17.0 Å². The van der Waals surface area contributed by atoms with Crippen LogP contribution >= 0.6 is 46.6 Å². The molecule has 0 bridgehead atoms. The van der Waals surface area contributed by atoms with E-state index in [0.29, 0.717) is 26.5 Å². The predicted octanol–water partition coefficient (Wildman–Crippen LogP) is 4.42. The monoisotopic (exact) mass is 375 g/mol. The highest BCUT2D eigenvalue weighted by molar-refractivity contribution is 7.99. The number of carbonyl (C=O) groups excluding carboxylic acids is 1. The maximum Gasteiger partial charge on any atom is 0.248 e. The molecule has 22 heavy (non-hydrogen) atoms. The number of aromatic nitrogens is 1. The number of nitrogens with zero attached hydrogens (tertiary/aromatic N) is 1. The first-order valence-electron chi connectivity index (χ1n) is 6.23. The van der Waals surface area contributed by atoms with Gasteiger partial charge >= 0.3 is 0 Å². The molecule has 1 aromatic heterocycles. The van der Waals surface area contributed by atoms with Crippen molar-refractivity contribution in [1.29, 1.82) is 0 Å². The summed E-state index contributed by atoms with van der Waals surface area (Å²) in [6.07, 6.45) is 1.72. The van der Waals surface area contributed by atoms with Gasteiger partial charge in [-0.1, -0.05) is 40.9 Å². The lowest BCUT2D eigenvalue weighted by atomic mass is 10.3. The van der Waals surface area contributed by atoms with Gasteiger partial charge in [0.2, 0.25) is 5.91 Å². The number of thioether (sulfide) groups is 1. The highest BCUT2D eigenvalue weighted by Gasteiger charge is 2.09. The minimum absolute atomic E-state index is 0.192. The standard InChI is InChI=1S/C14H12Cl3N3OS/c15-9-5-11(16)14(12(17)6-9)20-19-13(21)8-22-7-10-3-1-2-4-18-10/h1-6,20H,7-8H2,(H,19,21). The molecule has 0 unspecified atom stereocenters. The van der Waals surface area contributed by atoms with Crippen LogP contribution in [0.5, 0.6) is 0 Å². The summed E-state index contributed by atoms with van der Waals surface area (Å²) in [6, 6.07) is 8.76. The lowest BCUT2D eigenvalue weighted by molar-refractivity contribution is -0.118. The van der Waals surface area contributed by atoms with E-state index < -0.39 is 0 Å². The lowest BCUT2D eigenvalue weighted by Gasteiger charge is -2.12. The second-order valence-corrected chi connectivity index (χ2v) is 6.47. The zero-order valence-corrected chi connectivity index (χ0v) is 14.4. The first-order valence-corrected chi connectivity index (χ1v) is 8.52. The zero-order valence-electron chi connectivity index (χ0n) is 11.3. The molecule has 4 nitrogen and oxygen atoms in total. The molecule has 0 atom stereocenters. The third-order valence-corrected chi connectivity index (χ3v) is 4.32. The first kappa shape index (κ1) is 17.2. The normalized spacial score (nSPS) is 10.3. The van der Waals surface area contributed by atoms with E-state index in [1.807, 2.05) is 18.2 Å². The molecule has 2 N–H and O–H groups in total. The molecule has 0 spiro atoms. The average Bonchev–Trinajstić information content (AvgIpc) is 2.47. The van der Waals surface area contributed by atoms with Crippen molar-refractivity contribution in [2.75, 3.05) is 11.2 Å². The number of hydrazine groups is 1. The van der Waals surface area contributed by atoms with E-state index in [2.05, 4.69) is 15.8 Å². The number of hydrogen-bond acceptors (Lipinski definition) is 4. The third kappa shape index (κ3) is 5.25. The second kappa shape index (κ2) is 8.48. The van der Waals surface area contributed by atoms with Crippen molar-refractivity contribution < 1.29 is 4.79 Å². The number of halogens is 3. The molecule has 0 fully saturated rings. The number of rotatable bonds is 6. The van der Waals surface area contributed by atoms with E-state index in [9.17, 15) is 4.79 Å². The van der Waals surface area contributed by atoms with Gasteiger partial charge in [-0.25, -0.2) is 0 Å². The van der Waals surface area contributed by atoms with Gasteiger partial charge in [-0.15, -0.1) is 11.8 Å². The van der Waals surface area contributed by atoms with Crippen LogP contribution in [0.4, 0.5) is 5.69 Å². The minimum Gasteiger partial charge on any atom is -0.296 e. The Hall–Kier alpha value is -1.14. The molecule has 0 saturated heterocycles. The average molecular weight is 377 g/mol. The molecular weight excluding hydrogens is 365 g/mol. The maximum absolute atomic E-state index is 11.8. The van der Waals surface area contributed by atoms with Gasteiger partial charge in [-0.3, -0.25) is 20.6 Å². The van der Waals surface area contributed by atoms with E-state index in [1.54, 1.807) is 18.3 Å². The van der Waals surface area contributed by atoms with Crippen LogP contribution in [0.3, 0.4) is 0 Å². The number of benzene rings is 1. The van der Waals surface area contributed by atoms with Gasteiger partial charge in [-0.2, -0.15) is 0 Å². The van der Waals surface area contributed by atoms with Crippen LogP contribution in [0.25, 0.3) is 0 Å². The summed E-state index contributed by atoms with van der Waals surface area (Å²) < 4.78 is 0. The molecule has 1 amide bonds. The summed E-state index contributed by atoms with van der Waals surface area (Å²) in [5, 5.41) is 1.09. The smallest absolute Gasteiger partial charge is 0.248 e. The molecule has 1 aromatic carbocycles. The third-order valence-electron chi connectivity index (χ3n) is 2.54. The summed E-state index contributed by atoms with van der Waals surface area (Å²) in [7, 11) is 0. The highest BCUT2D eigenvalue weighted by Crippen LogP contribution is 2.33. The lowest BCUT2D eigenvalue weighted by Crippen LogP contribution is -2.31. The van der Waals surface area contributed by atoms with Crippen molar-refractivity contribution >= 4 is 58.2 Å². The van der Waals surface area contributed by atoms with Gasteiger partial charge < -0.3 is 0 Å².